The van der Waals surface area contributed by atoms with Gasteiger partial charge in [0.05, 0.1) is 0 Å². The van der Waals surface area contributed by atoms with E-state index in [0.717, 1.165) is 19.4 Å². The van der Waals surface area contributed by atoms with E-state index in [2.05, 4.69) is 37.5 Å². The van der Waals surface area contributed by atoms with Gasteiger partial charge in [-0.15, -0.1) is 0 Å². The number of rotatable bonds is 5. The summed E-state index contributed by atoms with van der Waals surface area (Å²) in [4.78, 5) is 11.6. The van der Waals surface area contributed by atoms with Crippen molar-refractivity contribution in [1.29, 1.82) is 0 Å². The highest BCUT2D eigenvalue weighted by molar-refractivity contribution is 5.76. The van der Waals surface area contributed by atoms with Gasteiger partial charge in [-0.2, -0.15) is 0 Å². The van der Waals surface area contributed by atoms with E-state index in [0.29, 0.717) is 12.6 Å². The Bertz CT molecular complexity index is 413. The van der Waals surface area contributed by atoms with E-state index < -0.39 is 0 Å². The Labute approximate surface area is 109 Å². The van der Waals surface area contributed by atoms with Gasteiger partial charge >= 0.3 is 0 Å². The average Bonchev–Trinajstić information content (AvgIpc) is 2.93. The molecule has 0 unspecified atom stereocenters. The van der Waals surface area contributed by atoms with E-state index in [1.807, 2.05) is 17.0 Å². The van der Waals surface area contributed by atoms with Crippen LogP contribution in [-0.4, -0.2) is 22.1 Å². The first kappa shape index (κ1) is 13.1. The largest absolute Gasteiger partial charge is 0.352 e. The van der Waals surface area contributed by atoms with Crippen LogP contribution in [0.15, 0.2) is 18.5 Å². The predicted molar refractivity (Wildman–Crippen MR) is 72.2 cm³/mol. The van der Waals surface area contributed by atoms with Crippen molar-refractivity contribution in [3.05, 3.63) is 24.0 Å². The zero-order chi connectivity index (χ0) is 13.2. The second-order valence-corrected chi connectivity index (χ2v) is 6.14. The predicted octanol–water partition coefficient (Wildman–Crippen LogP) is 1.65. The molecule has 0 aliphatic heterocycles. The lowest BCUT2D eigenvalue weighted by molar-refractivity contribution is -0.121. The SMILES string of the molecule is CC(C)(C)NCc1ccn(CC(=O)NC2CC2)c1. The molecule has 2 N–H and O–H groups in total. The Morgan fingerprint density at radius 1 is 1.44 bits per heavy atom. The van der Waals surface area contributed by atoms with Gasteiger partial charge in [0.25, 0.3) is 0 Å². The van der Waals surface area contributed by atoms with Gasteiger partial charge in [0.2, 0.25) is 5.91 Å². The molecular weight excluding hydrogens is 226 g/mol. The topological polar surface area (TPSA) is 46.1 Å². The summed E-state index contributed by atoms with van der Waals surface area (Å²) in [6.45, 7) is 7.69. The number of carbonyl (C=O) groups is 1. The van der Waals surface area contributed by atoms with Gasteiger partial charge in [-0.25, -0.2) is 0 Å². The first-order valence-corrected chi connectivity index (χ1v) is 6.61. The third kappa shape index (κ3) is 4.53. The minimum Gasteiger partial charge on any atom is -0.352 e. The molecule has 1 amide bonds. The molecule has 1 saturated carbocycles. The summed E-state index contributed by atoms with van der Waals surface area (Å²) in [5, 5.41) is 6.43. The fourth-order valence-corrected chi connectivity index (χ4v) is 1.73. The highest BCUT2D eigenvalue weighted by Gasteiger charge is 2.23. The molecule has 1 aliphatic rings. The van der Waals surface area contributed by atoms with Crippen molar-refractivity contribution in [3.8, 4) is 0 Å². The number of nitrogens with one attached hydrogen (secondary N) is 2. The van der Waals surface area contributed by atoms with Gasteiger partial charge < -0.3 is 15.2 Å². The Balaban J connectivity index is 1.79. The number of carbonyl (C=O) groups excluding carboxylic acids is 1. The molecular formula is C14H23N3O. The fraction of sp³-hybridized carbons (Fsp3) is 0.643. The zero-order valence-corrected chi connectivity index (χ0v) is 11.5. The van der Waals surface area contributed by atoms with Crippen LogP contribution in [0.3, 0.4) is 0 Å². The molecule has 1 aromatic rings. The molecule has 1 heterocycles. The normalized spacial score (nSPS) is 15.7. The molecule has 0 radical (unpaired) electrons. The first-order chi connectivity index (χ1) is 8.42. The standard InChI is InChI=1S/C14H23N3O/c1-14(2,3)15-8-11-6-7-17(9-11)10-13(18)16-12-4-5-12/h6-7,9,12,15H,4-5,8,10H2,1-3H3,(H,16,18). The van der Waals surface area contributed by atoms with Gasteiger partial charge in [0, 0.05) is 30.5 Å². The molecule has 4 nitrogen and oxygen atoms in total. The van der Waals surface area contributed by atoms with Crippen LogP contribution in [0, 0.1) is 0 Å². The molecule has 0 aromatic carbocycles. The molecule has 4 heteroatoms. The summed E-state index contributed by atoms with van der Waals surface area (Å²) in [5.41, 5.74) is 1.33. The minimum absolute atomic E-state index is 0.114. The summed E-state index contributed by atoms with van der Waals surface area (Å²) in [6.07, 6.45) is 6.27. The number of hydrogen-bond donors (Lipinski definition) is 2. The lowest BCUT2D eigenvalue weighted by Gasteiger charge is -2.19. The Morgan fingerprint density at radius 2 is 2.17 bits per heavy atom. The van der Waals surface area contributed by atoms with Crippen LogP contribution in [0.2, 0.25) is 0 Å². The van der Waals surface area contributed by atoms with Crippen LogP contribution in [0.4, 0.5) is 0 Å². The van der Waals surface area contributed by atoms with E-state index in [1.165, 1.54) is 5.56 Å². The summed E-state index contributed by atoms with van der Waals surface area (Å²) in [5.74, 6) is 0.114. The van der Waals surface area contributed by atoms with Gasteiger partial charge in [-0.1, -0.05) is 0 Å². The number of hydrogen-bond acceptors (Lipinski definition) is 2. The van der Waals surface area contributed by atoms with Crippen LogP contribution in [0.1, 0.15) is 39.2 Å². The highest BCUT2D eigenvalue weighted by atomic mass is 16.2. The lowest BCUT2D eigenvalue weighted by atomic mass is 10.1. The third-order valence-electron chi connectivity index (χ3n) is 2.90. The molecule has 18 heavy (non-hydrogen) atoms. The van der Waals surface area contributed by atoms with Gasteiger partial charge in [-0.3, -0.25) is 4.79 Å². The van der Waals surface area contributed by atoms with Crippen molar-refractivity contribution in [3.63, 3.8) is 0 Å². The van der Waals surface area contributed by atoms with Crippen LogP contribution >= 0.6 is 0 Å². The van der Waals surface area contributed by atoms with Crippen molar-refractivity contribution in [2.45, 2.75) is 58.3 Å². The lowest BCUT2D eigenvalue weighted by Crippen LogP contribution is -2.34. The molecule has 2 rings (SSSR count). The Morgan fingerprint density at radius 3 is 2.78 bits per heavy atom. The molecule has 1 fully saturated rings. The number of amides is 1. The highest BCUT2D eigenvalue weighted by Crippen LogP contribution is 2.18. The van der Waals surface area contributed by atoms with Crippen molar-refractivity contribution in [2.24, 2.45) is 0 Å². The zero-order valence-electron chi connectivity index (χ0n) is 11.5. The summed E-state index contributed by atoms with van der Waals surface area (Å²) in [6, 6.07) is 2.50. The smallest absolute Gasteiger partial charge is 0.240 e. The molecule has 0 bridgehead atoms. The van der Waals surface area contributed by atoms with Crippen LogP contribution in [-0.2, 0) is 17.9 Å². The van der Waals surface area contributed by atoms with Gasteiger partial charge in [0.1, 0.15) is 6.54 Å². The minimum atomic E-state index is 0.114. The maximum absolute atomic E-state index is 11.6. The second kappa shape index (κ2) is 5.14. The molecule has 1 aromatic heterocycles. The quantitative estimate of drug-likeness (QED) is 0.833. The van der Waals surface area contributed by atoms with Crippen molar-refractivity contribution in [1.82, 2.24) is 15.2 Å². The maximum atomic E-state index is 11.6. The van der Waals surface area contributed by atoms with Crippen LogP contribution in [0.5, 0.6) is 0 Å². The van der Waals surface area contributed by atoms with Crippen LogP contribution in [0.25, 0.3) is 0 Å². The van der Waals surface area contributed by atoms with Crippen molar-refractivity contribution >= 4 is 5.91 Å². The van der Waals surface area contributed by atoms with E-state index in [-0.39, 0.29) is 11.4 Å². The molecule has 0 spiro atoms. The van der Waals surface area contributed by atoms with Crippen molar-refractivity contribution in [2.75, 3.05) is 0 Å². The van der Waals surface area contributed by atoms with E-state index in [1.54, 1.807) is 0 Å². The summed E-state index contributed by atoms with van der Waals surface area (Å²) in [7, 11) is 0. The summed E-state index contributed by atoms with van der Waals surface area (Å²) >= 11 is 0. The summed E-state index contributed by atoms with van der Waals surface area (Å²) < 4.78 is 1.94. The number of nitrogens with zero attached hydrogens (tertiary/aromatic N) is 1. The average molecular weight is 249 g/mol. The molecule has 100 valence electrons. The van der Waals surface area contributed by atoms with Gasteiger partial charge in [0.15, 0.2) is 0 Å². The monoisotopic (exact) mass is 249 g/mol. The van der Waals surface area contributed by atoms with Crippen molar-refractivity contribution < 1.29 is 4.79 Å². The molecule has 0 atom stereocenters. The number of aromatic nitrogens is 1. The molecule has 1 aliphatic carbocycles. The van der Waals surface area contributed by atoms with Crippen LogP contribution < -0.4 is 10.6 Å². The Hall–Kier alpha value is -1.29. The first-order valence-electron chi connectivity index (χ1n) is 6.61. The second-order valence-electron chi connectivity index (χ2n) is 6.14. The maximum Gasteiger partial charge on any atom is 0.240 e. The van der Waals surface area contributed by atoms with Gasteiger partial charge in [-0.05, 0) is 45.2 Å². The fourth-order valence-electron chi connectivity index (χ4n) is 1.73. The van der Waals surface area contributed by atoms with E-state index in [4.69, 9.17) is 0 Å². The van der Waals surface area contributed by atoms with E-state index in [9.17, 15) is 4.79 Å². The third-order valence-corrected chi connectivity index (χ3v) is 2.90. The molecule has 0 saturated heterocycles. The van der Waals surface area contributed by atoms with E-state index >= 15 is 0 Å². The Kier molecular flexibility index (Phi) is 3.76.